The summed E-state index contributed by atoms with van der Waals surface area (Å²) in [4.78, 5) is 0. The molecule has 0 aliphatic carbocycles. The number of hydrogen-bond acceptors (Lipinski definition) is 2. The van der Waals surface area contributed by atoms with E-state index in [1.807, 2.05) is 13.0 Å². The van der Waals surface area contributed by atoms with E-state index in [1.54, 1.807) is 0 Å². The third kappa shape index (κ3) is 1.95. The Morgan fingerprint density at radius 3 is 2.40 bits per heavy atom. The molecule has 3 N–H and O–H groups in total. The van der Waals surface area contributed by atoms with Gasteiger partial charge in [0.2, 0.25) is 0 Å². The van der Waals surface area contributed by atoms with E-state index in [0.717, 1.165) is 5.69 Å². The Labute approximate surface area is 90.1 Å². The summed E-state index contributed by atoms with van der Waals surface area (Å²) in [6.45, 7) is 4.06. The van der Waals surface area contributed by atoms with Gasteiger partial charge in [-0.2, -0.15) is 0 Å². The van der Waals surface area contributed by atoms with Crippen molar-refractivity contribution in [3.8, 4) is 0 Å². The molecular formula is C13H16N2. The molecule has 0 spiro atoms. The van der Waals surface area contributed by atoms with Gasteiger partial charge in [0.15, 0.2) is 0 Å². The van der Waals surface area contributed by atoms with Crippen molar-refractivity contribution in [3.63, 3.8) is 0 Å². The molecule has 2 nitrogen and oxygen atoms in total. The number of fused-ring (bicyclic) bond motifs is 1. The zero-order valence-electron chi connectivity index (χ0n) is 9.12. The third-order valence-corrected chi connectivity index (χ3v) is 2.53. The first-order valence-corrected chi connectivity index (χ1v) is 5.19. The maximum Gasteiger partial charge on any atom is 0.0714 e. The first-order chi connectivity index (χ1) is 7.18. The lowest BCUT2D eigenvalue weighted by molar-refractivity contribution is 0.853. The van der Waals surface area contributed by atoms with Crippen LogP contribution in [-0.2, 0) is 0 Å². The van der Waals surface area contributed by atoms with Gasteiger partial charge in [-0.05, 0) is 30.9 Å². The van der Waals surface area contributed by atoms with Crippen molar-refractivity contribution in [2.24, 2.45) is 5.73 Å². The normalized spacial score (nSPS) is 12.7. The number of nitrogens with one attached hydrogen (secondary N) is 1. The van der Waals surface area contributed by atoms with E-state index in [0.29, 0.717) is 0 Å². The summed E-state index contributed by atoms with van der Waals surface area (Å²) in [5.41, 5.74) is 8.14. The number of rotatable bonds is 2. The van der Waals surface area contributed by atoms with Gasteiger partial charge in [0.25, 0.3) is 0 Å². The van der Waals surface area contributed by atoms with Gasteiger partial charge in [-0.25, -0.2) is 0 Å². The average molecular weight is 200 g/mol. The fourth-order valence-electron chi connectivity index (χ4n) is 1.82. The van der Waals surface area contributed by atoms with Crippen molar-refractivity contribution in [3.05, 3.63) is 42.0 Å². The smallest absolute Gasteiger partial charge is 0.0714 e. The molecule has 78 valence electrons. The van der Waals surface area contributed by atoms with E-state index in [1.165, 1.54) is 16.3 Å². The predicted octanol–water partition coefficient (Wildman–Crippen LogP) is 2.86. The lowest BCUT2D eigenvalue weighted by Gasteiger charge is -2.13. The van der Waals surface area contributed by atoms with Crippen LogP contribution >= 0.6 is 0 Å². The average Bonchev–Trinajstić information content (AvgIpc) is 2.22. The minimum Gasteiger partial charge on any atom is -0.370 e. The number of aryl methyl sites for hydroxylation is 1. The van der Waals surface area contributed by atoms with Gasteiger partial charge in [-0.3, -0.25) is 0 Å². The highest BCUT2D eigenvalue weighted by Gasteiger charge is 2.03. The molecule has 0 bridgehead atoms. The highest BCUT2D eigenvalue weighted by atomic mass is 15.0. The zero-order valence-corrected chi connectivity index (χ0v) is 9.12. The summed E-state index contributed by atoms with van der Waals surface area (Å²) in [6.07, 6.45) is -0.0314. The topological polar surface area (TPSA) is 38.0 Å². The molecule has 1 atom stereocenters. The zero-order chi connectivity index (χ0) is 10.8. The van der Waals surface area contributed by atoms with Crippen LogP contribution in [0, 0.1) is 6.92 Å². The molecule has 2 aromatic rings. The van der Waals surface area contributed by atoms with Gasteiger partial charge in [0.05, 0.1) is 6.17 Å². The summed E-state index contributed by atoms with van der Waals surface area (Å²) < 4.78 is 0. The number of nitrogens with two attached hydrogens (primary N) is 1. The van der Waals surface area contributed by atoms with Crippen LogP contribution in [0.4, 0.5) is 5.69 Å². The van der Waals surface area contributed by atoms with Crippen molar-refractivity contribution in [1.82, 2.24) is 0 Å². The lowest BCUT2D eigenvalue weighted by atomic mass is 10.0. The van der Waals surface area contributed by atoms with E-state index in [2.05, 4.69) is 42.6 Å². The minimum atomic E-state index is -0.0314. The van der Waals surface area contributed by atoms with Gasteiger partial charge in [0, 0.05) is 11.1 Å². The molecule has 2 aromatic carbocycles. The SMILES string of the molecule is Cc1ccc(NC(C)N)c2ccccc12. The minimum absolute atomic E-state index is 0.0314. The highest BCUT2D eigenvalue weighted by molar-refractivity contribution is 5.96. The Balaban J connectivity index is 2.61. The van der Waals surface area contributed by atoms with Gasteiger partial charge < -0.3 is 11.1 Å². The van der Waals surface area contributed by atoms with Crippen LogP contribution in [0.2, 0.25) is 0 Å². The summed E-state index contributed by atoms with van der Waals surface area (Å²) >= 11 is 0. The molecule has 0 saturated heterocycles. The number of anilines is 1. The maximum absolute atomic E-state index is 5.74. The molecule has 0 fully saturated rings. The van der Waals surface area contributed by atoms with E-state index in [9.17, 15) is 0 Å². The monoisotopic (exact) mass is 200 g/mol. The van der Waals surface area contributed by atoms with E-state index in [4.69, 9.17) is 5.73 Å². The van der Waals surface area contributed by atoms with Crippen molar-refractivity contribution in [2.45, 2.75) is 20.0 Å². The first-order valence-electron chi connectivity index (χ1n) is 5.19. The molecular weight excluding hydrogens is 184 g/mol. The van der Waals surface area contributed by atoms with Gasteiger partial charge in [0.1, 0.15) is 0 Å². The van der Waals surface area contributed by atoms with Gasteiger partial charge in [-0.15, -0.1) is 0 Å². The van der Waals surface area contributed by atoms with Crippen LogP contribution in [0.3, 0.4) is 0 Å². The second-order valence-electron chi connectivity index (χ2n) is 3.91. The van der Waals surface area contributed by atoms with Crippen LogP contribution in [0.5, 0.6) is 0 Å². The second kappa shape index (κ2) is 3.91. The summed E-state index contributed by atoms with van der Waals surface area (Å²) in [6, 6.07) is 12.6. The Kier molecular flexibility index (Phi) is 2.60. The Morgan fingerprint density at radius 2 is 1.73 bits per heavy atom. The molecule has 0 aromatic heterocycles. The number of benzene rings is 2. The molecule has 0 aliphatic rings. The van der Waals surface area contributed by atoms with Crippen LogP contribution in [-0.4, -0.2) is 6.17 Å². The third-order valence-electron chi connectivity index (χ3n) is 2.53. The molecule has 0 amide bonds. The Bertz CT molecular complexity index is 475. The van der Waals surface area contributed by atoms with Crippen molar-refractivity contribution in [1.29, 1.82) is 0 Å². The Hall–Kier alpha value is -1.54. The van der Waals surface area contributed by atoms with E-state index >= 15 is 0 Å². The first kappa shape index (κ1) is 9.99. The van der Waals surface area contributed by atoms with Crippen LogP contribution in [0.1, 0.15) is 12.5 Å². The van der Waals surface area contributed by atoms with E-state index in [-0.39, 0.29) is 6.17 Å². The highest BCUT2D eigenvalue weighted by Crippen LogP contribution is 2.26. The van der Waals surface area contributed by atoms with Crippen molar-refractivity contribution >= 4 is 16.5 Å². The molecule has 0 heterocycles. The largest absolute Gasteiger partial charge is 0.370 e. The molecule has 0 saturated carbocycles. The van der Waals surface area contributed by atoms with Gasteiger partial charge >= 0.3 is 0 Å². The summed E-state index contributed by atoms with van der Waals surface area (Å²) in [5.74, 6) is 0. The molecule has 15 heavy (non-hydrogen) atoms. The quantitative estimate of drug-likeness (QED) is 0.731. The lowest BCUT2D eigenvalue weighted by Crippen LogP contribution is -2.25. The van der Waals surface area contributed by atoms with Crippen LogP contribution in [0.15, 0.2) is 36.4 Å². The van der Waals surface area contributed by atoms with Crippen LogP contribution in [0.25, 0.3) is 10.8 Å². The second-order valence-corrected chi connectivity index (χ2v) is 3.91. The molecule has 1 unspecified atom stereocenters. The van der Waals surface area contributed by atoms with Crippen molar-refractivity contribution < 1.29 is 0 Å². The molecule has 0 aliphatic heterocycles. The summed E-state index contributed by atoms with van der Waals surface area (Å²) in [5, 5.41) is 5.76. The molecule has 2 heteroatoms. The standard InChI is InChI=1S/C13H16N2/c1-9-7-8-13(15-10(2)14)12-6-4-3-5-11(9)12/h3-8,10,15H,14H2,1-2H3. The van der Waals surface area contributed by atoms with E-state index < -0.39 is 0 Å². The maximum atomic E-state index is 5.74. The fourth-order valence-corrected chi connectivity index (χ4v) is 1.82. The van der Waals surface area contributed by atoms with Crippen molar-refractivity contribution in [2.75, 3.05) is 5.32 Å². The van der Waals surface area contributed by atoms with Crippen LogP contribution < -0.4 is 11.1 Å². The fraction of sp³-hybridized carbons (Fsp3) is 0.231. The molecule has 0 radical (unpaired) electrons. The van der Waals surface area contributed by atoms with Gasteiger partial charge in [-0.1, -0.05) is 30.3 Å². The Morgan fingerprint density at radius 1 is 1.07 bits per heavy atom. The molecule has 2 rings (SSSR count). The predicted molar refractivity (Wildman–Crippen MR) is 66.0 cm³/mol. The summed E-state index contributed by atoms with van der Waals surface area (Å²) in [7, 11) is 0. The number of hydrogen-bond donors (Lipinski definition) is 2.